The lowest BCUT2D eigenvalue weighted by Crippen LogP contribution is -2.47. The highest BCUT2D eigenvalue weighted by molar-refractivity contribution is 9.10. The first-order chi connectivity index (χ1) is 16.8. The molecule has 1 fully saturated rings. The lowest BCUT2D eigenvalue weighted by molar-refractivity contribution is -0.128. The molecule has 5 nitrogen and oxygen atoms in total. The highest BCUT2D eigenvalue weighted by Crippen LogP contribution is 2.51. The Kier molecular flexibility index (Phi) is 6.34. The Labute approximate surface area is 217 Å². The number of ether oxygens (including phenoxy) is 1. The van der Waals surface area contributed by atoms with E-state index >= 15 is 0 Å². The number of rotatable bonds is 8. The summed E-state index contributed by atoms with van der Waals surface area (Å²) in [5, 5.41) is 10.6. The van der Waals surface area contributed by atoms with Crippen molar-refractivity contribution in [3.05, 3.63) is 104 Å². The van der Waals surface area contributed by atoms with Gasteiger partial charge in [0.1, 0.15) is 0 Å². The maximum atomic E-state index is 14.0. The first-order valence-electron chi connectivity index (χ1n) is 11.5. The van der Waals surface area contributed by atoms with Crippen LogP contribution < -0.4 is 0 Å². The van der Waals surface area contributed by atoms with E-state index in [1.54, 1.807) is 29.2 Å². The van der Waals surface area contributed by atoms with Crippen molar-refractivity contribution in [1.82, 2.24) is 4.90 Å². The van der Waals surface area contributed by atoms with Crippen LogP contribution in [0, 0.1) is 5.41 Å². The monoisotopic (exact) mass is 553 g/mol. The molecule has 1 aliphatic heterocycles. The fraction of sp³-hybridized carbons (Fsp3) is 0.286. The van der Waals surface area contributed by atoms with E-state index in [4.69, 9.17) is 16.3 Å². The van der Waals surface area contributed by atoms with Crippen LogP contribution in [0.15, 0.2) is 71.2 Å². The van der Waals surface area contributed by atoms with E-state index in [1.165, 1.54) is 6.92 Å². The van der Waals surface area contributed by atoms with Gasteiger partial charge in [-0.3, -0.25) is 14.5 Å². The summed E-state index contributed by atoms with van der Waals surface area (Å²) in [6.45, 7) is 2.11. The summed E-state index contributed by atoms with van der Waals surface area (Å²) >= 11 is 9.68. The molecule has 1 aliphatic carbocycles. The molecule has 0 aromatic heterocycles. The third-order valence-electron chi connectivity index (χ3n) is 7.02. The predicted molar refractivity (Wildman–Crippen MR) is 137 cm³/mol. The topological polar surface area (TPSA) is 66.8 Å². The molecule has 1 amide bonds. The van der Waals surface area contributed by atoms with Crippen molar-refractivity contribution >= 4 is 39.2 Å². The molecule has 0 radical (unpaired) electrons. The number of carbonyl (C=O) groups excluding carboxylic acids is 2. The first kappa shape index (κ1) is 24.2. The van der Waals surface area contributed by atoms with Crippen LogP contribution in [0.4, 0.5) is 0 Å². The number of hydrogen-bond donors (Lipinski definition) is 1. The van der Waals surface area contributed by atoms with Gasteiger partial charge in [0, 0.05) is 43.7 Å². The maximum Gasteiger partial charge on any atom is 0.257 e. The summed E-state index contributed by atoms with van der Waals surface area (Å²) in [4.78, 5) is 27.8. The minimum atomic E-state index is -1.23. The lowest BCUT2D eigenvalue weighted by Gasteiger charge is -2.40. The molecule has 35 heavy (non-hydrogen) atoms. The van der Waals surface area contributed by atoms with Crippen molar-refractivity contribution in [1.29, 1.82) is 0 Å². The number of aliphatic hydroxyl groups excluding tert-OH is 1. The van der Waals surface area contributed by atoms with Gasteiger partial charge >= 0.3 is 0 Å². The summed E-state index contributed by atoms with van der Waals surface area (Å²) in [5.74, 6) is -0.322. The molecule has 180 valence electrons. The van der Waals surface area contributed by atoms with Crippen molar-refractivity contribution in [3.63, 3.8) is 0 Å². The van der Waals surface area contributed by atoms with Crippen LogP contribution in [0.5, 0.6) is 0 Å². The van der Waals surface area contributed by atoms with Crippen molar-refractivity contribution < 1.29 is 19.4 Å². The van der Waals surface area contributed by atoms with Crippen LogP contribution in [-0.4, -0.2) is 34.9 Å². The maximum absolute atomic E-state index is 14.0. The highest BCUT2D eigenvalue weighted by Gasteiger charge is 2.54. The SMILES string of the molecule is CC(=O)c1ccc2c(c1)C(=O)N(Cc1ccc(Br)cc1)C2(OCC1(CO)CC1)c1ccc(Cl)cc1. The second-order valence-electron chi connectivity index (χ2n) is 9.43. The number of ketones is 1. The number of fused-ring (bicyclic) bond motifs is 1. The molecule has 0 saturated heterocycles. The second-order valence-corrected chi connectivity index (χ2v) is 10.8. The van der Waals surface area contributed by atoms with Gasteiger partial charge < -0.3 is 9.84 Å². The Morgan fingerprint density at radius 1 is 1.09 bits per heavy atom. The van der Waals surface area contributed by atoms with E-state index < -0.39 is 5.72 Å². The molecule has 1 unspecified atom stereocenters. The fourth-order valence-corrected chi connectivity index (χ4v) is 5.02. The highest BCUT2D eigenvalue weighted by atomic mass is 79.9. The molecule has 3 aromatic carbocycles. The standard InChI is InChI=1S/C28H25BrClNO4/c1-18(33)20-4-11-25-24(14-20)26(34)31(15-19-2-7-22(29)8-3-19)28(25,21-5-9-23(30)10-6-21)35-17-27(16-32)12-13-27/h2-11,14,32H,12-13,15-17H2,1H3. The number of benzene rings is 3. The minimum absolute atomic E-state index is 0.0283. The number of halogens is 2. The lowest BCUT2D eigenvalue weighted by atomic mass is 9.91. The third-order valence-corrected chi connectivity index (χ3v) is 7.80. The van der Waals surface area contributed by atoms with Crippen LogP contribution >= 0.6 is 27.5 Å². The van der Waals surface area contributed by atoms with Crippen LogP contribution in [-0.2, 0) is 17.0 Å². The van der Waals surface area contributed by atoms with E-state index in [2.05, 4.69) is 15.9 Å². The average molecular weight is 555 g/mol. The van der Waals surface area contributed by atoms with Gasteiger partial charge in [-0.25, -0.2) is 0 Å². The smallest absolute Gasteiger partial charge is 0.257 e. The quantitative estimate of drug-likeness (QED) is 0.349. The fourth-order valence-electron chi connectivity index (χ4n) is 4.63. The van der Waals surface area contributed by atoms with Crippen molar-refractivity contribution in [2.24, 2.45) is 5.41 Å². The minimum Gasteiger partial charge on any atom is -0.396 e. The zero-order chi connectivity index (χ0) is 24.8. The zero-order valence-electron chi connectivity index (χ0n) is 19.3. The molecular formula is C28H25BrClNO4. The molecule has 1 saturated carbocycles. The molecule has 1 heterocycles. The molecule has 3 aromatic rings. The predicted octanol–water partition coefficient (Wildman–Crippen LogP) is 5.95. The van der Waals surface area contributed by atoms with Gasteiger partial charge in [0.05, 0.1) is 13.2 Å². The number of carbonyl (C=O) groups is 2. The van der Waals surface area contributed by atoms with Crippen molar-refractivity contribution in [2.45, 2.75) is 32.0 Å². The van der Waals surface area contributed by atoms with Crippen molar-refractivity contribution in [2.75, 3.05) is 13.2 Å². The number of nitrogens with zero attached hydrogens (tertiary/aromatic N) is 1. The Balaban J connectivity index is 1.69. The Morgan fingerprint density at radius 3 is 2.37 bits per heavy atom. The van der Waals surface area contributed by atoms with Gasteiger partial charge in [0.2, 0.25) is 0 Å². The summed E-state index contributed by atoms with van der Waals surface area (Å²) in [5.41, 5.74) is 1.76. The summed E-state index contributed by atoms with van der Waals surface area (Å²) < 4.78 is 7.69. The van der Waals surface area contributed by atoms with E-state index in [-0.39, 0.29) is 23.7 Å². The molecule has 1 atom stereocenters. The van der Waals surface area contributed by atoms with Crippen LogP contribution in [0.1, 0.15) is 57.2 Å². The molecular weight excluding hydrogens is 530 g/mol. The third kappa shape index (κ3) is 4.33. The molecule has 7 heteroatoms. The van der Waals surface area contributed by atoms with Crippen LogP contribution in [0.25, 0.3) is 0 Å². The number of hydrogen-bond acceptors (Lipinski definition) is 4. The molecule has 5 rings (SSSR count). The summed E-state index contributed by atoms with van der Waals surface area (Å²) in [7, 11) is 0. The Morgan fingerprint density at radius 2 is 1.77 bits per heavy atom. The second kappa shape index (κ2) is 9.17. The molecule has 0 spiro atoms. The van der Waals surface area contributed by atoms with Crippen LogP contribution in [0.2, 0.25) is 5.02 Å². The van der Waals surface area contributed by atoms with Gasteiger partial charge in [0.25, 0.3) is 5.91 Å². The van der Waals surface area contributed by atoms with Gasteiger partial charge in [0.15, 0.2) is 11.5 Å². The van der Waals surface area contributed by atoms with E-state index in [9.17, 15) is 14.7 Å². The molecule has 1 N–H and O–H groups in total. The summed E-state index contributed by atoms with van der Waals surface area (Å²) in [6, 6.07) is 20.3. The van der Waals surface area contributed by atoms with E-state index in [0.717, 1.165) is 28.4 Å². The number of Topliss-reactive ketones (excluding diaryl/α,β-unsaturated/α-hetero) is 1. The normalized spacial score (nSPS) is 20.1. The molecule has 0 bridgehead atoms. The number of aliphatic hydroxyl groups is 1. The Bertz CT molecular complexity index is 1290. The van der Waals surface area contributed by atoms with Gasteiger partial charge in [-0.05, 0) is 55.7 Å². The largest absolute Gasteiger partial charge is 0.396 e. The zero-order valence-corrected chi connectivity index (χ0v) is 21.6. The van der Waals surface area contributed by atoms with Crippen molar-refractivity contribution in [3.8, 4) is 0 Å². The number of amides is 1. The van der Waals surface area contributed by atoms with Gasteiger partial charge in [-0.2, -0.15) is 0 Å². The Hall–Kier alpha value is -2.51. The van der Waals surface area contributed by atoms with E-state index in [0.29, 0.717) is 34.9 Å². The van der Waals surface area contributed by atoms with E-state index in [1.807, 2.05) is 42.5 Å². The van der Waals surface area contributed by atoms with Gasteiger partial charge in [-0.15, -0.1) is 0 Å². The van der Waals surface area contributed by atoms with Crippen LogP contribution in [0.3, 0.4) is 0 Å². The average Bonchev–Trinajstić information content (AvgIpc) is 3.61. The van der Waals surface area contributed by atoms with Gasteiger partial charge in [-0.1, -0.05) is 63.9 Å². The summed E-state index contributed by atoms with van der Waals surface area (Å²) in [6.07, 6.45) is 1.74. The first-order valence-corrected chi connectivity index (χ1v) is 12.7. The molecule has 2 aliphatic rings.